The first kappa shape index (κ1) is 15.3. The molecule has 4 nitrogen and oxygen atoms in total. The molecule has 0 saturated heterocycles. The van der Waals surface area contributed by atoms with Crippen LogP contribution in [0.15, 0.2) is 24.3 Å². The maximum absolute atomic E-state index is 11.9. The number of hydrogen-bond donors (Lipinski definition) is 2. The van der Waals surface area contributed by atoms with Crippen molar-refractivity contribution in [3.63, 3.8) is 0 Å². The number of hydrogen-bond acceptors (Lipinski definition) is 3. The summed E-state index contributed by atoms with van der Waals surface area (Å²) in [5.74, 6) is -1.22. The van der Waals surface area contributed by atoms with Gasteiger partial charge in [0.15, 0.2) is 0 Å². The largest absolute Gasteiger partial charge is 0.573 e. The first-order valence-corrected chi connectivity index (χ1v) is 5.58. The maximum atomic E-state index is 11.9. The van der Waals surface area contributed by atoms with Crippen molar-refractivity contribution in [1.82, 2.24) is 0 Å². The lowest BCUT2D eigenvalue weighted by Crippen LogP contribution is -2.23. The summed E-state index contributed by atoms with van der Waals surface area (Å²) in [4.78, 5) is 10.4. The van der Waals surface area contributed by atoms with Gasteiger partial charge in [-0.3, -0.25) is 4.79 Å². The number of benzene rings is 1. The number of halogens is 3. The van der Waals surface area contributed by atoms with Gasteiger partial charge in [-0.1, -0.05) is 12.1 Å². The van der Waals surface area contributed by atoms with Crippen LogP contribution < -0.4 is 10.5 Å². The van der Waals surface area contributed by atoms with Crippen LogP contribution in [0.25, 0.3) is 0 Å². The van der Waals surface area contributed by atoms with E-state index in [4.69, 9.17) is 10.8 Å². The minimum atomic E-state index is -4.71. The average Bonchev–Trinajstić information content (AvgIpc) is 2.27. The van der Waals surface area contributed by atoms with E-state index in [2.05, 4.69) is 4.74 Å². The Morgan fingerprint density at radius 3 is 2.37 bits per heavy atom. The number of ether oxygens (including phenoxy) is 1. The first-order valence-electron chi connectivity index (χ1n) is 5.58. The summed E-state index contributed by atoms with van der Waals surface area (Å²) in [7, 11) is 0. The van der Waals surface area contributed by atoms with E-state index in [-0.39, 0.29) is 18.2 Å². The van der Waals surface area contributed by atoms with Gasteiger partial charge < -0.3 is 15.6 Å². The number of rotatable bonds is 6. The Hall–Kier alpha value is -1.76. The van der Waals surface area contributed by atoms with Crippen molar-refractivity contribution in [2.24, 2.45) is 5.73 Å². The van der Waals surface area contributed by atoms with Gasteiger partial charge in [-0.15, -0.1) is 13.2 Å². The third-order valence-electron chi connectivity index (χ3n) is 2.38. The molecule has 3 N–H and O–H groups in total. The van der Waals surface area contributed by atoms with Gasteiger partial charge in [0.2, 0.25) is 0 Å². The summed E-state index contributed by atoms with van der Waals surface area (Å²) in [5.41, 5.74) is 6.45. The molecule has 7 heteroatoms. The van der Waals surface area contributed by atoms with Crippen LogP contribution in [0.4, 0.5) is 13.2 Å². The molecule has 1 aromatic rings. The van der Waals surface area contributed by atoms with Crippen LogP contribution >= 0.6 is 0 Å². The van der Waals surface area contributed by atoms with E-state index >= 15 is 0 Å². The van der Waals surface area contributed by atoms with Crippen LogP contribution in [0.2, 0.25) is 0 Å². The van der Waals surface area contributed by atoms with E-state index in [0.717, 1.165) is 5.56 Å². The normalized spacial score (nSPS) is 13.1. The smallest absolute Gasteiger partial charge is 0.481 e. The minimum absolute atomic E-state index is 0.0313. The lowest BCUT2D eigenvalue weighted by atomic mass is 10.0. The molecule has 0 aliphatic rings. The molecular weight excluding hydrogens is 263 g/mol. The zero-order valence-electron chi connectivity index (χ0n) is 9.98. The first-order chi connectivity index (χ1) is 8.76. The zero-order valence-corrected chi connectivity index (χ0v) is 9.98. The number of alkyl halides is 3. The summed E-state index contributed by atoms with van der Waals surface area (Å²) < 4.78 is 39.5. The second-order valence-corrected chi connectivity index (χ2v) is 4.09. The molecule has 1 aromatic carbocycles. The highest BCUT2D eigenvalue weighted by Gasteiger charge is 2.30. The second kappa shape index (κ2) is 6.42. The van der Waals surface area contributed by atoms with Crippen molar-refractivity contribution in [2.75, 3.05) is 0 Å². The van der Waals surface area contributed by atoms with Gasteiger partial charge in [-0.2, -0.15) is 0 Å². The summed E-state index contributed by atoms with van der Waals surface area (Å²) in [5, 5.41) is 8.49. The molecule has 1 unspecified atom stereocenters. The third kappa shape index (κ3) is 6.66. The number of aliphatic carboxylic acids is 1. The lowest BCUT2D eigenvalue weighted by molar-refractivity contribution is -0.274. The molecule has 0 aromatic heterocycles. The topological polar surface area (TPSA) is 72.6 Å². The van der Waals surface area contributed by atoms with E-state index < -0.39 is 12.3 Å². The van der Waals surface area contributed by atoms with Gasteiger partial charge in [0.1, 0.15) is 5.75 Å². The highest BCUT2D eigenvalue weighted by Crippen LogP contribution is 2.23. The Bertz CT molecular complexity index is 417. The van der Waals surface area contributed by atoms with Crippen LogP contribution in [0.3, 0.4) is 0 Å². The van der Waals surface area contributed by atoms with Gasteiger partial charge in [0.25, 0.3) is 0 Å². The van der Waals surface area contributed by atoms with E-state index in [1.165, 1.54) is 24.3 Å². The Balaban J connectivity index is 2.50. The third-order valence-corrected chi connectivity index (χ3v) is 2.38. The summed E-state index contributed by atoms with van der Waals surface area (Å²) in [6.07, 6.45) is -4.02. The van der Waals surface area contributed by atoms with E-state index in [9.17, 15) is 18.0 Å². The molecule has 0 spiro atoms. The molecule has 0 saturated carbocycles. The predicted molar refractivity (Wildman–Crippen MR) is 61.7 cm³/mol. The van der Waals surface area contributed by atoms with Crippen LogP contribution in [0.5, 0.6) is 5.75 Å². The number of carbonyl (C=O) groups is 1. The van der Waals surface area contributed by atoms with Gasteiger partial charge in [-0.05, 0) is 30.5 Å². The summed E-state index contributed by atoms with van der Waals surface area (Å²) >= 11 is 0. The fraction of sp³-hybridized carbons (Fsp3) is 0.417. The molecule has 0 aliphatic heterocycles. The summed E-state index contributed by atoms with van der Waals surface area (Å²) in [6.45, 7) is 0. The maximum Gasteiger partial charge on any atom is 0.573 e. The minimum Gasteiger partial charge on any atom is -0.481 e. The fourth-order valence-electron chi connectivity index (χ4n) is 1.54. The zero-order chi connectivity index (χ0) is 14.5. The van der Waals surface area contributed by atoms with E-state index in [1.54, 1.807) is 0 Å². The molecule has 1 atom stereocenters. The number of carboxylic acid groups (broad SMARTS) is 1. The standard InChI is InChI=1S/C12H14F3NO3/c13-12(14,15)19-10-4-1-8(2-5-10)7-9(16)3-6-11(17)18/h1-2,4-5,9H,3,6-7,16H2,(H,17,18). The van der Waals surface area contributed by atoms with Crippen LogP contribution in [-0.4, -0.2) is 23.5 Å². The van der Waals surface area contributed by atoms with Crippen LogP contribution in [0, 0.1) is 0 Å². The molecule has 0 amide bonds. The molecule has 106 valence electrons. The van der Waals surface area contributed by atoms with Crippen LogP contribution in [0.1, 0.15) is 18.4 Å². The van der Waals surface area contributed by atoms with E-state index in [0.29, 0.717) is 12.8 Å². The lowest BCUT2D eigenvalue weighted by Gasteiger charge is -2.12. The molecule has 0 bridgehead atoms. The molecular formula is C12H14F3NO3. The second-order valence-electron chi connectivity index (χ2n) is 4.09. The van der Waals surface area contributed by atoms with Crippen molar-refractivity contribution in [2.45, 2.75) is 31.7 Å². The molecule has 0 radical (unpaired) electrons. The fourth-order valence-corrected chi connectivity index (χ4v) is 1.54. The Labute approximate surface area is 108 Å². The Morgan fingerprint density at radius 1 is 1.32 bits per heavy atom. The molecule has 0 fully saturated rings. The van der Waals surface area contributed by atoms with Gasteiger partial charge in [0, 0.05) is 12.5 Å². The van der Waals surface area contributed by atoms with Crippen molar-refractivity contribution in [3.8, 4) is 5.75 Å². The average molecular weight is 277 g/mol. The molecule has 19 heavy (non-hydrogen) atoms. The number of carboxylic acids is 1. The van der Waals surface area contributed by atoms with E-state index in [1.807, 2.05) is 0 Å². The van der Waals surface area contributed by atoms with Gasteiger partial charge in [0.05, 0.1) is 0 Å². The highest BCUT2D eigenvalue weighted by atomic mass is 19.4. The highest BCUT2D eigenvalue weighted by molar-refractivity contribution is 5.66. The van der Waals surface area contributed by atoms with Crippen molar-refractivity contribution in [3.05, 3.63) is 29.8 Å². The van der Waals surface area contributed by atoms with Crippen molar-refractivity contribution < 1.29 is 27.8 Å². The molecule has 1 rings (SSSR count). The van der Waals surface area contributed by atoms with Crippen molar-refractivity contribution >= 4 is 5.97 Å². The van der Waals surface area contributed by atoms with Crippen LogP contribution in [-0.2, 0) is 11.2 Å². The predicted octanol–water partition coefficient (Wildman–Crippen LogP) is 2.32. The molecule has 0 heterocycles. The van der Waals surface area contributed by atoms with Gasteiger partial charge in [-0.25, -0.2) is 0 Å². The monoisotopic (exact) mass is 277 g/mol. The summed E-state index contributed by atoms with van der Waals surface area (Å²) in [6, 6.07) is 5.01. The Morgan fingerprint density at radius 2 is 1.89 bits per heavy atom. The molecule has 0 aliphatic carbocycles. The number of nitrogens with two attached hydrogens (primary N) is 1. The Kier molecular flexibility index (Phi) is 5.17. The quantitative estimate of drug-likeness (QED) is 0.837. The SMILES string of the molecule is NC(CCC(=O)O)Cc1ccc(OC(F)(F)F)cc1. The van der Waals surface area contributed by atoms with Crippen molar-refractivity contribution in [1.29, 1.82) is 0 Å². The van der Waals surface area contributed by atoms with Gasteiger partial charge >= 0.3 is 12.3 Å².